The van der Waals surface area contributed by atoms with Crippen LogP contribution in [0.4, 0.5) is 0 Å². The molecule has 27 heavy (non-hydrogen) atoms. The lowest BCUT2D eigenvalue weighted by atomic mass is 10.1. The summed E-state index contributed by atoms with van der Waals surface area (Å²) < 4.78 is 0. The van der Waals surface area contributed by atoms with E-state index in [0.717, 1.165) is 10.6 Å². The fraction of sp³-hybridized carbons (Fsp3) is 0.435. The molecule has 0 unspecified atom stereocenters. The Labute approximate surface area is 168 Å². The van der Waals surface area contributed by atoms with Gasteiger partial charge in [-0.3, -0.25) is 4.79 Å². The van der Waals surface area contributed by atoms with Gasteiger partial charge in [-0.25, -0.2) is 0 Å². The summed E-state index contributed by atoms with van der Waals surface area (Å²) in [5.74, 6) is 0.587. The summed E-state index contributed by atoms with van der Waals surface area (Å²) in [7, 11) is 0. The molecule has 3 N–H and O–H groups in total. The molecule has 0 atom stereocenters. The molecular weight excluding hydrogens is 352 g/mol. The van der Waals surface area contributed by atoms with Gasteiger partial charge in [-0.15, -0.1) is 11.8 Å². The standard InChI is InChI=1S/C17H17NOS.C6H15N/c18-17(19)14-6-8-16(9-7-14)20-11-12-4-5-13-2-1-3-15(13)10-12;1-3-5-7-6-4-2/h4-10H,1-3,11H2,(H2,18,19);7H,3-6H2,1-2H3. The molecule has 2 aromatic carbocycles. The number of amides is 1. The van der Waals surface area contributed by atoms with Gasteiger partial charge in [0.15, 0.2) is 0 Å². The van der Waals surface area contributed by atoms with Gasteiger partial charge in [0.2, 0.25) is 5.91 Å². The second kappa shape index (κ2) is 11.8. The third kappa shape index (κ3) is 7.39. The summed E-state index contributed by atoms with van der Waals surface area (Å²) in [6.45, 7) is 6.72. The van der Waals surface area contributed by atoms with Crippen molar-refractivity contribution in [3.05, 3.63) is 64.7 Å². The highest BCUT2D eigenvalue weighted by Gasteiger charge is 2.10. The Balaban J connectivity index is 0.000000321. The quantitative estimate of drug-likeness (QED) is 0.499. The van der Waals surface area contributed by atoms with Crippen molar-refractivity contribution in [2.75, 3.05) is 13.1 Å². The number of primary amides is 1. The lowest BCUT2D eigenvalue weighted by Gasteiger charge is -2.05. The maximum absolute atomic E-state index is 11.0. The summed E-state index contributed by atoms with van der Waals surface area (Å²) >= 11 is 1.79. The van der Waals surface area contributed by atoms with E-state index in [2.05, 4.69) is 37.4 Å². The first-order valence-electron chi connectivity index (χ1n) is 9.98. The van der Waals surface area contributed by atoms with E-state index >= 15 is 0 Å². The Kier molecular flexibility index (Phi) is 9.43. The summed E-state index contributed by atoms with van der Waals surface area (Å²) in [6.07, 6.45) is 6.25. The normalized spacial score (nSPS) is 12.2. The van der Waals surface area contributed by atoms with Crippen molar-refractivity contribution in [3.63, 3.8) is 0 Å². The van der Waals surface area contributed by atoms with Crippen LogP contribution in [0.3, 0.4) is 0 Å². The van der Waals surface area contributed by atoms with Crippen LogP contribution in [-0.4, -0.2) is 19.0 Å². The van der Waals surface area contributed by atoms with E-state index < -0.39 is 0 Å². The Morgan fingerprint density at radius 2 is 1.67 bits per heavy atom. The number of hydrogen-bond donors (Lipinski definition) is 2. The number of thioether (sulfide) groups is 1. The Hall–Kier alpha value is -1.78. The number of carbonyl (C=O) groups excluding carboxylic acids is 1. The molecule has 1 amide bonds. The van der Waals surface area contributed by atoms with Crippen molar-refractivity contribution in [1.82, 2.24) is 5.32 Å². The Morgan fingerprint density at radius 1 is 1.00 bits per heavy atom. The molecule has 1 aliphatic carbocycles. The summed E-state index contributed by atoms with van der Waals surface area (Å²) in [6, 6.07) is 14.3. The van der Waals surface area contributed by atoms with Gasteiger partial charge in [-0.1, -0.05) is 32.0 Å². The number of rotatable bonds is 8. The van der Waals surface area contributed by atoms with Crippen molar-refractivity contribution in [3.8, 4) is 0 Å². The molecule has 0 saturated carbocycles. The third-order valence-electron chi connectivity index (χ3n) is 4.56. The van der Waals surface area contributed by atoms with Gasteiger partial charge in [0, 0.05) is 16.2 Å². The van der Waals surface area contributed by atoms with Crippen LogP contribution < -0.4 is 11.1 Å². The van der Waals surface area contributed by atoms with Gasteiger partial charge in [-0.2, -0.15) is 0 Å². The van der Waals surface area contributed by atoms with Crippen molar-refractivity contribution >= 4 is 17.7 Å². The number of nitrogens with one attached hydrogen (secondary N) is 1. The van der Waals surface area contributed by atoms with E-state index in [4.69, 9.17) is 5.73 Å². The molecule has 0 bridgehead atoms. The molecule has 0 heterocycles. The number of benzene rings is 2. The van der Waals surface area contributed by atoms with Gasteiger partial charge in [0.05, 0.1) is 0 Å². The fourth-order valence-corrected chi connectivity index (χ4v) is 3.92. The van der Waals surface area contributed by atoms with Gasteiger partial charge in [0.25, 0.3) is 0 Å². The van der Waals surface area contributed by atoms with E-state index in [1.165, 1.54) is 61.9 Å². The second-order valence-electron chi connectivity index (χ2n) is 6.88. The molecule has 1 aliphatic rings. The predicted octanol–water partition coefficient (Wildman–Crippen LogP) is 4.96. The maximum Gasteiger partial charge on any atom is 0.248 e. The van der Waals surface area contributed by atoms with Crippen LogP contribution >= 0.6 is 11.8 Å². The van der Waals surface area contributed by atoms with Gasteiger partial charge in [0.1, 0.15) is 0 Å². The van der Waals surface area contributed by atoms with Crippen LogP contribution in [0.5, 0.6) is 0 Å². The summed E-state index contributed by atoms with van der Waals surface area (Å²) in [5, 5.41) is 3.28. The Morgan fingerprint density at radius 3 is 2.30 bits per heavy atom. The summed E-state index contributed by atoms with van der Waals surface area (Å²) in [5.41, 5.74) is 10.2. The minimum atomic E-state index is -0.375. The first-order chi connectivity index (χ1) is 13.1. The molecule has 0 radical (unpaired) electrons. The van der Waals surface area contributed by atoms with E-state index in [-0.39, 0.29) is 5.91 Å². The minimum Gasteiger partial charge on any atom is -0.366 e. The number of aryl methyl sites for hydroxylation is 2. The van der Waals surface area contributed by atoms with Crippen molar-refractivity contribution in [2.45, 2.75) is 56.6 Å². The molecule has 4 heteroatoms. The van der Waals surface area contributed by atoms with Crippen LogP contribution in [0.1, 0.15) is 60.2 Å². The first-order valence-corrected chi connectivity index (χ1v) is 11.0. The largest absolute Gasteiger partial charge is 0.366 e. The topological polar surface area (TPSA) is 55.1 Å². The third-order valence-corrected chi connectivity index (χ3v) is 5.64. The molecule has 2 aromatic rings. The summed E-state index contributed by atoms with van der Waals surface area (Å²) in [4.78, 5) is 12.2. The molecule has 0 saturated heterocycles. The maximum atomic E-state index is 11.0. The van der Waals surface area contributed by atoms with E-state index in [1.54, 1.807) is 23.9 Å². The van der Waals surface area contributed by atoms with E-state index in [0.29, 0.717) is 5.56 Å². The van der Waals surface area contributed by atoms with E-state index in [1.807, 2.05) is 12.1 Å². The Bertz CT molecular complexity index is 709. The van der Waals surface area contributed by atoms with Crippen molar-refractivity contribution < 1.29 is 4.79 Å². The monoisotopic (exact) mass is 384 g/mol. The number of nitrogens with two attached hydrogens (primary N) is 1. The van der Waals surface area contributed by atoms with Gasteiger partial charge < -0.3 is 11.1 Å². The zero-order chi connectivity index (χ0) is 19.5. The minimum absolute atomic E-state index is 0.375. The SMILES string of the molecule is CCCNCCC.NC(=O)c1ccc(SCc2ccc3c(c2)CCC3)cc1. The van der Waals surface area contributed by atoms with Crippen LogP contribution in [-0.2, 0) is 18.6 Å². The highest BCUT2D eigenvalue weighted by molar-refractivity contribution is 7.98. The average molecular weight is 385 g/mol. The van der Waals surface area contributed by atoms with Crippen LogP contribution in [0.15, 0.2) is 47.4 Å². The van der Waals surface area contributed by atoms with Crippen LogP contribution in [0.25, 0.3) is 0 Å². The lowest BCUT2D eigenvalue weighted by molar-refractivity contribution is 0.1000. The molecule has 3 rings (SSSR count). The predicted molar refractivity (Wildman–Crippen MR) is 116 cm³/mol. The highest BCUT2D eigenvalue weighted by atomic mass is 32.2. The van der Waals surface area contributed by atoms with Crippen LogP contribution in [0, 0.1) is 0 Å². The lowest BCUT2D eigenvalue weighted by Crippen LogP contribution is -2.14. The highest BCUT2D eigenvalue weighted by Crippen LogP contribution is 2.27. The molecule has 0 aliphatic heterocycles. The first kappa shape index (κ1) is 21.5. The van der Waals surface area contributed by atoms with E-state index in [9.17, 15) is 4.79 Å². The smallest absolute Gasteiger partial charge is 0.248 e. The zero-order valence-corrected chi connectivity index (χ0v) is 17.4. The molecule has 0 spiro atoms. The zero-order valence-electron chi connectivity index (χ0n) is 16.6. The molecular formula is C23H32N2OS. The number of fused-ring (bicyclic) bond motifs is 1. The molecule has 0 aromatic heterocycles. The number of carbonyl (C=O) groups is 1. The van der Waals surface area contributed by atoms with Crippen molar-refractivity contribution in [1.29, 1.82) is 0 Å². The van der Waals surface area contributed by atoms with Gasteiger partial charge >= 0.3 is 0 Å². The molecule has 0 fully saturated rings. The number of hydrogen-bond acceptors (Lipinski definition) is 3. The average Bonchev–Trinajstić information content (AvgIpc) is 3.15. The fourth-order valence-electron chi connectivity index (χ4n) is 3.08. The van der Waals surface area contributed by atoms with Crippen molar-refractivity contribution in [2.24, 2.45) is 5.73 Å². The molecule has 146 valence electrons. The van der Waals surface area contributed by atoms with Gasteiger partial charge in [-0.05, 0) is 86.1 Å². The van der Waals surface area contributed by atoms with Crippen LogP contribution in [0.2, 0.25) is 0 Å². The second-order valence-corrected chi connectivity index (χ2v) is 7.93. The molecule has 3 nitrogen and oxygen atoms in total.